The quantitative estimate of drug-likeness (QED) is 0.861. The molecule has 90 valence electrons. The molecule has 0 unspecified atom stereocenters. The van der Waals surface area contributed by atoms with Crippen LogP contribution in [0.15, 0.2) is 36.4 Å². The van der Waals surface area contributed by atoms with E-state index in [-0.39, 0.29) is 12.4 Å². The molecule has 0 saturated heterocycles. The molecule has 0 heterocycles. The van der Waals surface area contributed by atoms with E-state index >= 15 is 0 Å². The number of fused-ring (bicyclic) bond motifs is 1. The van der Waals surface area contributed by atoms with E-state index in [0.717, 1.165) is 10.8 Å². The molecule has 0 aromatic heterocycles. The van der Waals surface area contributed by atoms with Gasteiger partial charge in [-0.15, -0.1) is 0 Å². The lowest BCUT2D eigenvalue weighted by Crippen LogP contribution is -2.15. The molecule has 17 heavy (non-hydrogen) atoms. The first-order chi connectivity index (χ1) is 7.97. The maximum atomic E-state index is 10.7. The fourth-order valence-electron chi connectivity index (χ4n) is 1.62. The van der Waals surface area contributed by atoms with Crippen LogP contribution in [0.25, 0.3) is 10.8 Å². The summed E-state index contributed by atoms with van der Waals surface area (Å²) < 4.78 is 25.9. The fraction of sp³-hybridized carbons (Fsp3) is 0.0909. The van der Waals surface area contributed by atoms with Crippen molar-refractivity contribution in [2.75, 3.05) is 0 Å². The Morgan fingerprint density at radius 3 is 2.59 bits per heavy atom. The van der Waals surface area contributed by atoms with Gasteiger partial charge in [-0.1, -0.05) is 30.3 Å². The molecule has 0 aliphatic carbocycles. The SMILES string of the molecule is NS(=O)(=O)OCc1c(O)ccc2ccccc12. The Bertz CT molecular complexity index is 652. The van der Waals surface area contributed by atoms with Gasteiger partial charge in [0.1, 0.15) is 5.75 Å². The van der Waals surface area contributed by atoms with Crippen molar-refractivity contribution in [2.45, 2.75) is 6.61 Å². The Morgan fingerprint density at radius 1 is 1.18 bits per heavy atom. The number of phenolic OH excluding ortho intramolecular Hbond substituents is 1. The standard InChI is InChI=1S/C11H11NO4S/c12-17(14,15)16-7-10-9-4-2-1-3-8(9)5-6-11(10)13/h1-6,13H,7H2,(H2,12,14,15). The van der Waals surface area contributed by atoms with Crippen LogP contribution in [-0.4, -0.2) is 13.5 Å². The maximum absolute atomic E-state index is 10.7. The van der Waals surface area contributed by atoms with Crippen LogP contribution in [0, 0.1) is 0 Å². The zero-order valence-corrected chi connectivity index (χ0v) is 9.65. The van der Waals surface area contributed by atoms with Crippen LogP contribution in [0.1, 0.15) is 5.56 Å². The third kappa shape index (κ3) is 2.73. The van der Waals surface area contributed by atoms with Gasteiger partial charge in [0.05, 0.1) is 6.61 Å². The van der Waals surface area contributed by atoms with E-state index < -0.39 is 10.3 Å². The van der Waals surface area contributed by atoms with Gasteiger partial charge in [-0.3, -0.25) is 4.18 Å². The van der Waals surface area contributed by atoms with Gasteiger partial charge in [0, 0.05) is 5.56 Å². The Morgan fingerprint density at radius 2 is 1.88 bits per heavy atom. The average molecular weight is 253 g/mol. The smallest absolute Gasteiger partial charge is 0.333 e. The first-order valence-corrected chi connectivity index (χ1v) is 6.31. The summed E-state index contributed by atoms with van der Waals surface area (Å²) in [5.74, 6) is -0.0210. The van der Waals surface area contributed by atoms with Crippen LogP contribution in [0.2, 0.25) is 0 Å². The minimum atomic E-state index is -4.02. The summed E-state index contributed by atoms with van der Waals surface area (Å²) in [4.78, 5) is 0. The molecule has 0 saturated carbocycles. The Kier molecular flexibility index (Phi) is 3.01. The molecule has 0 aliphatic heterocycles. The first kappa shape index (κ1) is 11.8. The lowest BCUT2D eigenvalue weighted by molar-refractivity contribution is 0.304. The molecule has 0 fully saturated rings. The molecule has 0 atom stereocenters. The van der Waals surface area contributed by atoms with Gasteiger partial charge >= 0.3 is 10.3 Å². The molecule has 3 N–H and O–H groups in total. The highest BCUT2D eigenvalue weighted by atomic mass is 32.2. The van der Waals surface area contributed by atoms with Crippen molar-refractivity contribution < 1.29 is 17.7 Å². The summed E-state index contributed by atoms with van der Waals surface area (Å²) >= 11 is 0. The fourth-order valence-corrected chi connectivity index (χ4v) is 1.90. The van der Waals surface area contributed by atoms with E-state index in [0.29, 0.717) is 5.56 Å². The van der Waals surface area contributed by atoms with Gasteiger partial charge in [-0.25, -0.2) is 5.14 Å². The summed E-state index contributed by atoms with van der Waals surface area (Å²) in [5, 5.41) is 16.1. The van der Waals surface area contributed by atoms with Crippen molar-refractivity contribution in [1.82, 2.24) is 0 Å². The van der Waals surface area contributed by atoms with E-state index in [2.05, 4.69) is 4.18 Å². The highest BCUT2D eigenvalue weighted by Crippen LogP contribution is 2.27. The molecule has 2 aromatic carbocycles. The van der Waals surface area contributed by atoms with Crippen molar-refractivity contribution in [3.63, 3.8) is 0 Å². The van der Waals surface area contributed by atoms with Crippen molar-refractivity contribution >= 4 is 21.1 Å². The van der Waals surface area contributed by atoms with Crippen LogP contribution in [0.4, 0.5) is 0 Å². The van der Waals surface area contributed by atoms with E-state index in [4.69, 9.17) is 5.14 Å². The second-order valence-electron chi connectivity index (χ2n) is 3.54. The average Bonchev–Trinajstić information content (AvgIpc) is 2.26. The summed E-state index contributed by atoms with van der Waals surface area (Å²) in [6, 6.07) is 10.5. The maximum Gasteiger partial charge on any atom is 0.333 e. The van der Waals surface area contributed by atoms with E-state index in [1.54, 1.807) is 18.2 Å². The van der Waals surface area contributed by atoms with E-state index in [9.17, 15) is 13.5 Å². The Hall–Kier alpha value is -1.63. The topological polar surface area (TPSA) is 89.6 Å². The van der Waals surface area contributed by atoms with Gasteiger partial charge in [0.15, 0.2) is 0 Å². The summed E-state index contributed by atoms with van der Waals surface area (Å²) in [6.07, 6.45) is 0. The van der Waals surface area contributed by atoms with Crippen LogP contribution >= 0.6 is 0 Å². The number of aromatic hydroxyl groups is 1. The van der Waals surface area contributed by atoms with E-state index in [1.165, 1.54) is 6.07 Å². The third-order valence-corrected chi connectivity index (χ3v) is 2.83. The number of rotatable bonds is 3. The number of phenols is 1. The Balaban J connectivity index is 2.48. The van der Waals surface area contributed by atoms with Crippen molar-refractivity contribution in [1.29, 1.82) is 0 Å². The molecular weight excluding hydrogens is 242 g/mol. The third-order valence-electron chi connectivity index (χ3n) is 2.38. The zero-order chi connectivity index (χ0) is 12.5. The first-order valence-electron chi connectivity index (χ1n) is 4.84. The molecule has 2 rings (SSSR count). The minimum absolute atomic E-state index is 0.0210. The molecule has 0 amide bonds. The van der Waals surface area contributed by atoms with Gasteiger partial charge in [-0.2, -0.15) is 8.42 Å². The second-order valence-corrected chi connectivity index (χ2v) is 4.76. The monoisotopic (exact) mass is 253 g/mol. The van der Waals surface area contributed by atoms with Crippen molar-refractivity contribution in [3.8, 4) is 5.75 Å². The second kappa shape index (κ2) is 4.33. The van der Waals surface area contributed by atoms with Crippen LogP contribution in [0.3, 0.4) is 0 Å². The molecule has 0 bridgehead atoms. The molecule has 5 nitrogen and oxygen atoms in total. The van der Waals surface area contributed by atoms with Crippen molar-refractivity contribution in [2.24, 2.45) is 5.14 Å². The lowest BCUT2D eigenvalue weighted by atomic mass is 10.0. The largest absolute Gasteiger partial charge is 0.508 e. The van der Waals surface area contributed by atoms with Gasteiger partial charge in [0.2, 0.25) is 0 Å². The molecule has 0 radical (unpaired) electrons. The predicted molar refractivity (Wildman–Crippen MR) is 63.5 cm³/mol. The summed E-state index contributed by atoms with van der Waals surface area (Å²) in [7, 11) is -4.02. The Labute approximate surface area is 98.7 Å². The van der Waals surface area contributed by atoms with E-state index in [1.807, 2.05) is 12.1 Å². The number of benzene rings is 2. The number of nitrogens with two attached hydrogens (primary N) is 1. The zero-order valence-electron chi connectivity index (χ0n) is 8.83. The van der Waals surface area contributed by atoms with Crippen LogP contribution < -0.4 is 5.14 Å². The predicted octanol–water partition coefficient (Wildman–Crippen LogP) is 1.27. The summed E-state index contributed by atoms with van der Waals surface area (Å²) in [6.45, 7) is -0.286. The lowest BCUT2D eigenvalue weighted by Gasteiger charge is -2.08. The normalized spacial score (nSPS) is 11.8. The number of hydrogen-bond acceptors (Lipinski definition) is 4. The van der Waals surface area contributed by atoms with Gasteiger partial charge in [-0.05, 0) is 16.8 Å². The molecule has 0 spiro atoms. The molecule has 2 aromatic rings. The number of hydrogen-bond donors (Lipinski definition) is 2. The van der Waals surface area contributed by atoms with Crippen LogP contribution in [-0.2, 0) is 21.1 Å². The highest BCUT2D eigenvalue weighted by Gasteiger charge is 2.10. The molecule has 6 heteroatoms. The molecule has 0 aliphatic rings. The minimum Gasteiger partial charge on any atom is -0.508 e. The summed E-state index contributed by atoms with van der Waals surface area (Å²) in [5.41, 5.74) is 0.400. The molecular formula is C11H11NO4S. The van der Waals surface area contributed by atoms with Crippen LogP contribution in [0.5, 0.6) is 5.75 Å². The highest BCUT2D eigenvalue weighted by molar-refractivity contribution is 7.84. The van der Waals surface area contributed by atoms with Gasteiger partial charge < -0.3 is 5.11 Å². The van der Waals surface area contributed by atoms with Crippen molar-refractivity contribution in [3.05, 3.63) is 42.0 Å². The van der Waals surface area contributed by atoms with Gasteiger partial charge in [0.25, 0.3) is 0 Å².